The summed E-state index contributed by atoms with van der Waals surface area (Å²) in [4.78, 5) is 23.4. The Morgan fingerprint density at radius 2 is 1.50 bits per heavy atom. The van der Waals surface area contributed by atoms with Crippen LogP contribution in [0.5, 0.6) is 0 Å². The van der Waals surface area contributed by atoms with Crippen molar-refractivity contribution in [3.8, 4) is 0 Å². The van der Waals surface area contributed by atoms with E-state index in [1.54, 1.807) is 27.7 Å². The lowest BCUT2D eigenvalue weighted by Crippen LogP contribution is -2.22. The van der Waals surface area contributed by atoms with Gasteiger partial charge in [-0.05, 0) is 45.5 Å². The molecule has 0 rings (SSSR count). The van der Waals surface area contributed by atoms with Crippen molar-refractivity contribution in [2.45, 2.75) is 45.8 Å². The van der Waals surface area contributed by atoms with Crippen LogP contribution in [-0.4, -0.2) is 43.6 Å². The molecule has 0 spiro atoms. The summed E-state index contributed by atoms with van der Waals surface area (Å²) in [6, 6.07) is 0. The van der Waals surface area contributed by atoms with Gasteiger partial charge in [0.2, 0.25) is 0 Å². The normalized spacial score (nSPS) is 12.7. The minimum atomic E-state index is -3.46. The van der Waals surface area contributed by atoms with Crippen molar-refractivity contribution in [2.75, 3.05) is 26.4 Å². The highest BCUT2D eigenvalue weighted by atomic mass is 32.7. The Bertz CT molecular complexity index is 379. The highest BCUT2D eigenvalue weighted by molar-refractivity contribution is 8.55. The third-order valence-corrected chi connectivity index (χ3v) is 6.56. The fraction of sp³-hybridized carbons (Fsp3) is 0.846. The average molecular weight is 356 g/mol. The van der Waals surface area contributed by atoms with Crippen molar-refractivity contribution in [3.63, 3.8) is 0 Å². The van der Waals surface area contributed by atoms with E-state index in [2.05, 4.69) is 0 Å². The fourth-order valence-corrected chi connectivity index (χ4v) is 5.53. The van der Waals surface area contributed by atoms with Gasteiger partial charge in [-0.3, -0.25) is 9.59 Å². The van der Waals surface area contributed by atoms with Crippen molar-refractivity contribution in [1.29, 1.82) is 0 Å². The summed E-state index contributed by atoms with van der Waals surface area (Å²) >= 11 is 0.778. The molecule has 0 aromatic carbocycles. The van der Waals surface area contributed by atoms with E-state index in [0.29, 0.717) is 0 Å². The van der Waals surface area contributed by atoms with Crippen LogP contribution in [0.2, 0.25) is 0 Å². The highest BCUT2D eigenvalue weighted by Gasteiger charge is 2.34. The molecule has 0 radical (unpaired) electrons. The van der Waals surface area contributed by atoms with Crippen molar-refractivity contribution in [1.82, 2.24) is 0 Å². The summed E-state index contributed by atoms with van der Waals surface area (Å²) < 4.78 is 32.6. The van der Waals surface area contributed by atoms with Crippen molar-refractivity contribution < 1.29 is 32.7 Å². The van der Waals surface area contributed by atoms with E-state index in [0.717, 1.165) is 11.4 Å². The third-order valence-electron chi connectivity index (χ3n) is 2.30. The van der Waals surface area contributed by atoms with Gasteiger partial charge in [0.1, 0.15) is 5.25 Å². The maximum Gasteiger partial charge on any atom is 0.389 e. The molecule has 0 aromatic rings. The Morgan fingerprint density at radius 1 is 0.955 bits per heavy atom. The zero-order valence-electron chi connectivity index (χ0n) is 13.5. The molecule has 0 amide bonds. The Kier molecular flexibility index (Phi) is 11.6. The van der Waals surface area contributed by atoms with Gasteiger partial charge in [0.25, 0.3) is 0 Å². The van der Waals surface area contributed by atoms with Crippen molar-refractivity contribution in [3.05, 3.63) is 0 Å². The van der Waals surface area contributed by atoms with Gasteiger partial charge in [-0.15, -0.1) is 0 Å². The quantitative estimate of drug-likeness (QED) is 0.389. The zero-order valence-corrected chi connectivity index (χ0v) is 15.2. The van der Waals surface area contributed by atoms with E-state index >= 15 is 0 Å². The first kappa shape index (κ1) is 21.4. The highest BCUT2D eigenvalue weighted by Crippen LogP contribution is 2.62. The van der Waals surface area contributed by atoms with Gasteiger partial charge in [-0.25, -0.2) is 4.57 Å². The molecule has 0 fully saturated rings. The number of hydrogen-bond donors (Lipinski definition) is 0. The molecule has 0 heterocycles. The molecule has 1 unspecified atom stereocenters. The minimum absolute atomic E-state index is 0.0303. The minimum Gasteiger partial charge on any atom is -0.466 e. The summed E-state index contributed by atoms with van der Waals surface area (Å²) in [5.41, 5.74) is 0. The third kappa shape index (κ3) is 8.78. The number of carbonyl (C=O) groups excluding carboxylic acids is 2. The second kappa shape index (κ2) is 11.9. The average Bonchev–Trinajstić information content (AvgIpc) is 2.44. The monoisotopic (exact) mass is 356 g/mol. The predicted molar refractivity (Wildman–Crippen MR) is 84.7 cm³/mol. The molecule has 0 N–H and O–H groups in total. The van der Waals surface area contributed by atoms with Crippen LogP contribution in [0.15, 0.2) is 0 Å². The number of hydrogen-bond acceptors (Lipinski definition) is 8. The van der Waals surface area contributed by atoms with E-state index in [1.807, 2.05) is 0 Å². The molecule has 130 valence electrons. The predicted octanol–water partition coefficient (Wildman–Crippen LogP) is 3.18. The van der Waals surface area contributed by atoms with Crippen molar-refractivity contribution in [2.24, 2.45) is 0 Å². The Hall–Kier alpha value is -0.560. The maximum absolute atomic E-state index is 12.5. The van der Waals surface area contributed by atoms with Gasteiger partial charge >= 0.3 is 18.7 Å². The lowest BCUT2D eigenvalue weighted by molar-refractivity contribution is -0.144. The lowest BCUT2D eigenvalue weighted by Gasteiger charge is -2.21. The molecule has 7 nitrogen and oxygen atoms in total. The van der Waals surface area contributed by atoms with E-state index < -0.39 is 24.0 Å². The molecule has 9 heteroatoms. The smallest absolute Gasteiger partial charge is 0.389 e. The first-order valence-corrected chi connectivity index (χ1v) is 10.3. The summed E-state index contributed by atoms with van der Waals surface area (Å²) in [6.45, 7) is 4.14. The largest absolute Gasteiger partial charge is 0.466 e. The van der Waals surface area contributed by atoms with Crippen LogP contribution in [0.25, 0.3) is 0 Å². The first-order valence-electron chi connectivity index (χ1n) is 7.32. The molecule has 0 bridgehead atoms. The number of carbonyl (C=O) groups is 2. The zero-order chi connectivity index (χ0) is 17.0. The molecule has 0 saturated heterocycles. The molecule has 0 saturated carbocycles. The summed E-state index contributed by atoms with van der Waals surface area (Å²) in [5, 5.41) is -0.812. The first-order chi connectivity index (χ1) is 10.4. The van der Waals surface area contributed by atoms with E-state index in [1.165, 1.54) is 0 Å². The topological polar surface area (TPSA) is 88.1 Å². The van der Waals surface area contributed by atoms with Crippen LogP contribution in [0.3, 0.4) is 0 Å². The van der Waals surface area contributed by atoms with Gasteiger partial charge in [-0.2, -0.15) is 0 Å². The van der Waals surface area contributed by atoms with Gasteiger partial charge in [0, 0.05) is 6.42 Å². The molecule has 0 aliphatic carbocycles. The second-order valence-corrected chi connectivity index (χ2v) is 8.14. The molecule has 1 atom stereocenters. The molecular weight excluding hydrogens is 331 g/mol. The maximum atomic E-state index is 12.5. The molecule has 0 aromatic heterocycles. The Morgan fingerprint density at radius 3 is 1.95 bits per heavy atom. The standard InChI is InChI=1S/C13H25O7PS/c1-5-17-12(14)10-9-11(13(15)18-6-2)22-21(16,19-7-3)20-8-4/h11H,5-10H2,1-4H3. The van der Waals surface area contributed by atoms with Crippen LogP contribution in [0, 0.1) is 0 Å². The van der Waals surface area contributed by atoms with Gasteiger partial charge in [-0.1, -0.05) is 0 Å². The van der Waals surface area contributed by atoms with E-state index in [4.69, 9.17) is 18.5 Å². The summed E-state index contributed by atoms with van der Waals surface area (Å²) in [6.07, 6.45) is 0.176. The van der Waals surface area contributed by atoms with E-state index in [9.17, 15) is 14.2 Å². The van der Waals surface area contributed by atoms with Crippen LogP contribution < -0.4 is 0 Å². The number of rotatable bonds is 12. The molecule has 0 aliphatic rings. The Labute approximate surface area is 135 Å². The van der Waals surface area contributed by atoms with E-state index in [-0.39, 0.29) is 39.3 Å². The SMILES string of the molecule is CCOC(=O)CCC(SP(=O)(OCC)OCC)C(=O)OCC. The summed E-state index contributed by atoms with van der Waals surface area (Å²) in [7, 11) is 0. The summed E-state index contributed by atoms with van der Waals surface area (Å²) in [5.74, 6) is -0.962. The molecule has 0 aliphatic heterocycles. The van der Waals surface area contributed by atoms with Crippen molar-refractivity contribution >= 4 is 30.1 Å². The van der Waals surface area contributed by atoms with Crippen LogP contribution in [-0.2, 0) is 32.7 Å². The van der Waals surface area contributed by atoms with Gasteiger partial charge < -0.3 is 18.5 Å². The van der Waals surface area contributed by atoms with Gasteiger partial charge in [0.15, 0.2) is 0 Å². The second-order valence-electron chi connectivity index (χ2n) is 3.97. The molecule has 22 heavy (non-hydrogen) atoms. The van der Waals surface area contributed by atoms with Crippen LogP contribution in [0.4, 0.5) is 0 Å². The number of esters is 2. The molecular formula is C13H25O7PS. The van der Waals surface area contributed by atoms with Crippen LogP contribution >= 0.6 is 18.2 Å². The van der Waals surface area contributed by atoms with Gasteiger partial charge in [0.05, 0.1) is 26.4 Å². The Balaban J connectivity index is 4.86. The fourth-order valence-electron chi connectivity index (χ4n) is 1.50. The lowest BCUT2D eigenvalue weighted by atomic mass is 10.2. The van der Waals surface area contributed by atoms with Crippen LogP contribution in [0.1, 0.15) is 40.5 Å². The number of ether oxygens (including phenoxy) is 2.